The Morgan fingerprint density at radius 3 is 2.32 bits per heavy atom. The lowest BCUT2D eigenvalue weighted by Gasteiger charge is -2.15. The Morgan fingerprint density at radius 2 is 1.68 bits per heavy atom. The molecule has 9 heteroatoms. The summed E-state index contributed by atoms with van der Waals surface area (Å²) in [6.45, 7) is 4.84. The van der Waals surface area contributed by atoms with Gasteiger partial charge in [-0.25, -0.2) is 4.79 Å². The maximum atomic E-state index is 12.2. The Bertz CT molecular complexity index is 706. The summed E-state index contributed by atoms with van der Waals surface area (Å²) >= 11 is 0. The minimum atomic E-state index is -0.484. The molecule has 0 saturated heterocycles. The van der Waals surface area contributed by atoms with Crippen LogP contribution in [0.3, 0.4) is 0 Å². The minimum absolute atomic E-state index is 0.0129. The van der Waals surface area contributed by atoms with E-state index in [0.717, 1.165) is 12.8 Å². The molecule has 0 spiro atoms. The van der Waals surface area contributed by atoms with E-state index in [9.17, 15) is 14.4 Å². The number of quaternary nitrogens is 1. The second-order valence-corrected chi connectivity index (χ2v) is 6.68. The van der Waals surface area contributed by atoms with Crippen LogP contribution in [0.1, 0.15) is 26.7 Å². The topological polar surface area (TPSA) is 110 Å². The number of carbonyl (C=O) groups excluding carboxylic acids is 3. The maximum absolute atomic E-state index is 12.2. The number of anilines is 1. The predicted molar refractivity (Wildman–Crippen MR) is 104 cm³/mol. The molecule has 28 heavy (non-hydrogen) atoms. The molecule has 1 aliphatic carbocycles. The van der Waals surface area contributed by atoms with E-state index >= 15 is 0 Å². The number of benzene rings is 1. The Balaban J connectivity index is 1.80. The highest BCUT2D eigenvalue weighted by atomic mass is 16.5. The molecule has 1 atom stereocenters. The summed E-state index contributed by atoms with van der Waals surface area (Å²) in [4.78, 5) is 36.3. The third kappa shape index (κ3) is 7.43. The van der Waals surface area contributed by atoms with Gasteiger partial charge in [0.05, 0.1) is 20.3 Å². The number of urea groups is 1. The first kappa shape index (κ1) is 21.5. The van der Waals surface area contributed by atoms with Crippen LogP contribution in [0.15, 0.2) is 18.2 Å². The molecule has 2 rings (SSSR count). The van der Waals surface area contributed by atoms with E-state index in [0.29, 0.717) is 35.3 Å². The lowest BCUT2D eigenvalue weighted by Crippen LogP contribution is -3.11. The number of carbonyl (C=O) groups is 3. The van der Waals surface area contributed by atoms with Crippen molar-refractivity contribution in [2.75, 3.05) is 38.7 Å². The van der Waals surface area contributed by atoms with Crippen molar-refractivity contribution in [3.63, 3.8) is 0 Å². The average molecular weight is 393 g/mol. The van der Waals surface area contributed by atoms with E-state index in [1.54, 1.807) is 25.2 Å². The second-order valence-electron chi connectivity index (χ2n) is 6.68. The molecule has 4 N–H and O–H groups in total. The van der Waals surface area contributed by atoms with Gasteiger partial charge in [0.1, 0.15) is 0 Å². The molecule has 0 bridgehead atoms. The highest BCUT2D eigenvalue weighted by molar-refractivity contribution is 5.95. The standard InChI is InChI=1S/C19H28N4O5/c1-4-27-15-9-8-14(10-16(15)28-5-2)20-17(24)11-23(3)12-18(25)22-19(26)21-13-6-7-13/h8-10,13H,4-7,11-12H2,1-3H3,(H,20,24)(H2,21,22,25,26)/p+1. The lowest BCUT2D eigenvalue weighted by molar-refractivity contribution is -0.862. The van der Waals surface area contributed by atoms with Crippen molar-refractivity contribution >= 4 is 23.5 Å². The van der Waals surface area contributed by atoms with E-state index < -0.39 is 11.9 Å². The molecule has 4 amide bonds. The van der Waals surface area contributed by atoms with Crippen molar-refractivity contribution in [1.82, 2.24) is 10.6 Å². The van der Waals surface area contributed by atoms with Gasteiger partial charge >= 0.3 is 6.03 Å². The van der Waals surface area contributed by atoms with Gasteiger partial charge < -0.3 is 25.0 Å². The zero-order valence-electron chi connectivity index (χ0n) is 16.6. The number of imide groups is 1. The molecule has 1 aliphatic rings. The fourth-order valence-electron chi connectivity index (χ4n) is 2.56. The highest BCUT2D eigenvalue weighted by Gasteiger charge is 2.24. The van der Waals surface area contributed by atoms with Crippen molar-refractivity contribution < 1.29 is 28.8 Å². The second kappa shape index (κ2) is 10.5. The number of nitrogens with one attached hydrogen (secondary N) is 4. The van der Waals surface area contributed by atoms with Gasteiger partial charge in [-0.2, -0.15) is 0 Å². The number of likely N-dealkylation sites (N-methyl/N-ethyl adjacent to an activating group) is 1. The molecular weight excluding hydrogens is 364 g/mol. The van der Waals surface area contributed by atoms with E-state index in [1.807, 2.05) is 13.8 Å². The monoisotopic (exact) mass is 393 g/mol. The molecule has 0 heterocycles. The number of amides is 4. The molecule has 0 aromatic heterocycles. The summed E-state index contributed by atoms with van der Waals surface area (Å²) in [6, 6.07) is 4.88. The minimum Gasteiger partial charge on any atom is -0.490 e. The maximum Gasteiger partial charge on any atom is 0.321 e. The zero-order chi connectivity index (χ0) is 20.5. The fourth-order valence-corrected chi connectivity index (χ4v) is 2.56. The summed E-state index contributed by atoms with van der Waals surface area (Å²) < 4.78 is 11.0. The average Bonchev–Trinajstić information content (AvgIpc) is 3.40. The summed E-state index contributed by atoms with van der Waals surface area (Å²) in [5, 5.41) is 7.73. The quantitative estimate of drug-likeness (QED) is 0.445. The Morgan fingerprint density at radius 1 is 1.04 bits per heavy atom. The van der Waals surface area contributed by atoms with Crippen LogP contribution >= 0.6 is 0 Å². The van der Waals surface area contributed by atoms with Gasteiger partial charge in [-0.1, -0.05) is 0 Å². The zero-order valence-corrected chi connectivity index (χ0v) is 16.6. The van der Waals surface area contributed by atoms with Crippen LogP contribution in [0, 0.1) is 0 Å². The van der Waals surface area contributed by atoms with Gasteiger partial charge in [0.2, 0.25) is 0 Å². The van der Waals surface area contributed by atoms with Gasteiger partial charge in [0.15, 0.2) is 24.6 Å². The van der Waals surface area contributed by atoms with Crippen molar-refractivity contribution in [2.45, 2.75) is 32.7 Å². The van der Waals surface area contributed by atoms with E-state index in [-0.39, 0.29) is 25.0 Å². The van der Waals surface area contributed by atoms with E-state index in [1.165, 1.54) is 0 Å². The van der Waals surface area contributed by atoms with Crippen LogP contribution in [0.5, 0.6) is 11.5 Å². The fraction of sp³-hybridized carbons (Fsp3) is 0.526. The molecule has 154 valence electrons. The first-order chi connectivity index (χ1) is 13.4. The summed E-state index contributed by atoms with van der Waals surface area (Å²) in [5.74, 6) is 0.498. The largest absolute Gasteiger partial charge is 0.490 e. The van der Waals surface area contributed by atoms with E-state index in [2.05, 4.69) is 16.0 Å². The van der Waals surface area contributed by atoms with Gasteiger partial charge in [0, 0.05) is 17.8 Å². The van der Waals surface area contributed by atoms with Gasteiger partial charge in [-0.05, 0) is 38.8 Å². The third-order valence-corrected chi connectivity index (χ3v) is 3.92. The van der Waals surface area contributed by atoms with E-state index in [4.69, 9.17) is 9.47 Å². The number of rotatable bonds is 10. The SMILES string of the molecule is CCOc1ccc(NC(=O)C[NH+](C)CC(=O)NC(=O)NC2CC2)cc1OCC. The molecule has 1 aromatic carbocycles. The van der Waals surface area contributed by atoms with Crippen LogP contribution < -0.4 is 30.3 Å². The molecule has 0 aliphatic heterocycles. The van der Waals surface area contributed by atoms with Crippen LogP contribution in [0.4, 0.5) is 10.5 Å². The van der Waals surface area contributed by atoms with Gasteiger partial charge in [0.25, 0.3) is 11.8 Å². The summed E-state index contributed by atoms with van der Waals surface area (Å²) in [7, 11) is 1.71. The molecule has 1 saturated carbocycles. The molecular formula is C19H29N4O5+. The van der Waals surface area contributed by atoms with Gasteiger partial charge in [-0.3, -0.25) is 14.9 Å². The Hall–Kier alpha value is -2.81. The first-order valence-corrected chi connectivity index (χ1v) is 9.52. The number of hydrogen-bond donors (Lipinski definition) is 4. The Labute approximate surface area is 164 Å². The first-order valence-electron chi connectivity index (χ1n) is 9.52. The predicted octanol–water partition coefficient (Wildman–Crippen LogP) is -0.0746. The summed E-state index contributed by atoms with van der Waals surface area (Å²) in [5.41, 5.74) is 0.581. The van der Waals surface area contributed by atoms with Crippen molar-refractivity contribution in [2.24, 2.45) is 0 Å². The molecule has 1 fully saturated rings. The van der Waals surface area contributed by atoms with Crippen LogP contribution in [-0.2, 0) is 9.59 Å². The van der Waals surface area contributed by atoms with Crippen LogP contribution in [0.25, 0.3) is 0 Å². The molecule has 0 radical (unpaired) electrons. The number of ether oxygens (including phenoxy) is 2. The summed E-state index contributed by atoms with van der Waals surface area (Å²) in [6.07, 6.45) is 1.90. The smallest absolute Gasteiger partial charge is 0.321 e. The third-order valence-electron chi connectivity index (χ3n) is 3.92. The van der Waals surface area contributed by atoms with Crippen LogP contribution in [-0.4, -0.2) is 57.2 Å². The van der Waals surface area contributed by atoms with Crippen molar-refractivity contribution in [3.05, 3.63) is 18.2 Å². The highest BCUT2D eigenvalue weighted by Crippen LogP contribution is 2.30. The number of hydrogen-bond acceptors (Lipinski definition) is 5. The Kier molecular flexibility index (Phi) is 8.06. The molecule has 1 unspecified atom stereocenters. The molecule has 1 aromatic rings. The van der Waals surface area contributed by atoms with Crippen molar-refractivity contribution in [3.8, 4) is 11.5 Å². The lowest BCUT2D eigenvalue weighted by atomic mass is 10.2. The normalized spacial score (nSPS) is 14.0. The van der Waals surface area contributed by atoms with Crippen LogP contribution in [0.2, 0.25) is 0 Å². The van der Waals surface area contributed by atoms with Gasteiger partial charge in [-0.15, -0.1) is 0 Å². The molecule has 9 nitrogen and oxygen atoms in total. The van der Waals surface area contributed by atoms with Crippen molar-refractivity contribution in [1.29, 1.82) is 0 Å².